The van der Waals surface area contributed by atoms with Crippen molar-refractivity contribution in [2.75, 3.05) is 0 Å². The predicted molar refractivity (Wildman–Crippen MR) is 38.6 cm³/mol. The molecule has 1 heterocycles. The molecule has 0 aromatic rings. The van der Waals surface area contributed by atoms with Crippen molar-refractivity contribution in [3.8, 4) is 0 Å². The van der Waals surface area contributed by atoms with Gasteiger partial charge in [0, 0.05) is 5.41 Å². The van der Waals surface area contributed by atoms with Gasteiger partial charge in [0.1, 0.15) is 0 Å². The molecule has 0 spiro atoms. The van der Waals surface area contributed by atoms with Gasteiger partial charge >= 0.3 is 0 Å². The lowest BCUT2D eigenvalue weighted by Gasteiger charge is -2.15. The third kappa shape index (κ3) is 0.947. The Morgan fingerprint density at radius 1 is 1.50 bits per heavy atom. The molecule has 6 N–H and O–H groups in total. The predicted octanol–water partition coefficient (Wildman–Crippen LogP) is -0.247. The fourth-order valence-corrected chi connectivity index (χ4v) is 2.25. The maximum absolute atomic E-state index is 5.45. The molecule has 1 rings (SSSR count). The zero-order chi connectivity index (χ0) is 6.20. The van der Waals surface area contributed by atoms with E-state index >= 15 is 0 Å². The summed E-state index contributed by atoms with van der Waals surface area (Å²) >= 11 is 0. The summed E-state index contributed by atoms with van der Waals surface area (Å²) in [6.07, 6.45) is 0. The van der Waals surface area contributed by atoms with Crippen molar-refractivity contribution in [1.82, 2.24) is 0 Å². The summed E-state index contributed by atoms with van der Waals surface area (Å²) < 4.78 is 0. The van der Waals surface area contributed by atoms with Gasteiger partial charge in [-0.2, -0.15) is 0 Å². The molecule has 0 unspecified atom stereocenters. The third-order valence-electron chi connectivity index (χ3n) is 0.812. The van der Waals surface area contributed by atoms with Crippen molar-refractivity contribution in [1.29, 1.82) is 0 Å². The van der Waals surface area contributed by atoms with Crippen LogP contribution in [0.1, 0.15) is 0 Å². The zero-order valence-corrected chi connectivity index (χ0v) is 5.76. The van der Waals surface area contributed by atoms with Gasteiger partial charge in [-0.15, -0.1) is 0 Å². The molecule has 3 nitrogen and oxygen atoms in total. The minimum Gasteiger partial charge on any atom is -0.398 e. The van der Waals surface area contributed by atoms with Crippen molar-refractivity contribution in [3.63, 3.8) is 0 Å². The highest BCUT2D eigenvalue weighted by atomic mass is 33.1. The molecule has 0 radical (unpaired) electrons. The standard InChI is InChI=1S/C3H7N3S2/c4-2-1-7-8-3(2,5)6/h1H,4-6H2. The lowest BCUT2D eigenvalue weighted by Crippen LogP contribution is -2.48. The van der Waals surface area contributed by atoms with Crippen molar-refractivity contribution >= 4 is 21.6 Å². The van der Waals surface area contributed by atoms with Gasteiger partial charge in [0.15, 0.2) is 4.99 Å². The summed E-state index contributed by atoms with van der Waals surface area (Å²) in [5, 5.41) is 1.75. The molecule has 0 amide bonds. The van der Waals surface area contributed by atoms with E-state index in [0.29, 0.717) is 5.70 Å². The Hall–Kier alpha value is 0.160. The topological polar surface area (TPSA) is 78.1 Å². The Kier molecular flexibility index (Phi) is 1.44. The van der Waals surface area contributed by atoms with E-state index in [1.165, 1.54) is 21.6 Å². The second-order valence-electron chi connectivity index (χ2n) is 1.55. The number of rotatable bonds is 0. The summed E-state index contributed by atoms with van der Waals surface area (Å²) in [7, 11) is 2.83. The van der Waals surface area contributed by atoms with Gasteiger partial charge in [0.2, 0.25) is 0 Å². The quantitative estimate of drug-likeness (QED) is 0.327. The fourth-order valence-electron chi connectivity index (χ4n) is 0.296. The van der Waals surface area contributed by atoms with E-state index in [9.17, 15) is 0 Å². The van der Waals surface area contributed by atoms with Crippen molar-refractivity contribution < 1.29 is 0 Å². The summed E-state index contributed by atoms with van der Waals surface area (Å²) in [6, 6.07) is 0. The Bertz CT molecular complexity index is 130. The summed E-state index contributed by atoms with van der Waals surface area (Å²) in [5.41, 5.74) is 16.8. The Labute approximate surface area is 55.4 Å². The van der Waals surface area contributed by atoms with Gasteiger partial charge in [-0.25, -0.2) is 0 Å². The molecule has 1 aliphatic rings. The number of hydrogen-bond donors (Lipinski definition) is 3. The Morgan fingerprint density at radius 2 is 2.12 bits per heavy atom. The lowest BCUT2D eigenvalue weighted by molar-refractivity contribution is 0.747. The van der Waals surface area contributed by atoms with Gasteiger partial charge in [-0.05, 0) is 10.8 Å². The molecular weight excluding hydrogens is 142 g/mol. The number of nitrogens with two attached hydrogens (primary N) is 3. The average molecular weight is 149 g/mol. The van der Waals surface area contributed by atoms with Crippen LogP contribution >= 0.6 is 21.6 Å². The normalized spacial score (nSPS) is 25.5. The fraction of sp³-hybridized carbons (Fsp3) is 0.333. The molecule has 0 atom stereocenters. The van der Waals surface area contributed by atoms with Crippen LogP contribution in [0.4, 0.5) is 0 Å². The molecule has 0 aliphatic carbocycles. The first-order chi connectivity index (χ1) is 3.63. The second kappa shape index (κ2) is 1.84. The van der Waals surface area contributed by atoms with E-state index in [4.69, 9.17) is 17.2 Å². The molecule has 8 heavy (non-hydrogen) atoms. The molecular formula is C3H7N3S2. The van der Waals surface area contributed by atoms with Crippen LogP contribution < -0.4 is 17.2 Å². The molecule has 5 heteroatoms. The molecule has 0 saturated heterocycles. The largest absolute Gasteiger partial charge is 0.398 e. The monoisotopic (exact) mass is 149 g/mol. The molecule has 0 aromatic carbocycles. The third-order valence-corrected chi connectivity index (χ3v) is 3.17. The maximum atomic E-state index is 5.45. The minimum atomic E-state index is -0.829. The molecule has 0 bridgehead atoms. The van der Waals surface area contributed by atoms with E-state index in [2.05, 4.69) is 0 Å². The van der Waals surface area contributed by atoms with Crippen molar-refractivity contribution in [2.45, 2.75) is 4.99 Å². The van der Waals surface area contributed by atoms with Crippen LogP contribution in [0.2, 0.25) is 0 Å². The van der Waals surface area contributed by atoms with E-state index in [1.54, 1.807) is 5.41 Å². The lowest BCUT2D eigenvalue weighted by atomic mass is 10.4. The van der Waals surface area contributed by atoms with Crippen LogP contribution in [0.5, 0.6) is 0 Å². The molecule has 1 aliphatic heterocycles. The first-order valence-electron chi connectivity index (χ1n) is 2.01. The Balaban J connectivity index is 2.73. The molecule has 0 aromatic heterocycles. The average Bonchev–Trinajstić information content (AvgIpc) is 1.86. The Morgan fingerprint density at radius 3 is 2.25 bits per heavy atom. The molecule has 0 fully saturated rings. The van der Waals surface area contributed by atoms with E-state index in [0.717, 1.165) is 0 Å². The smallest absolute Gasteiger partial charge is 0.164 e. The van der Waals surface area contributed by atoms with Gasteiger partial charge in [-0.1, -0.05) is 10.8 Å². The highest BCUT2D eigenvalue weighted by Crippen LogP contribution is 2.40. The molecule has 46 valence electrons. The van der Waals surface area contributed by atoms with Gasteiger partial charge in [0.25, 0.3) is 0 Å². The van der Waals surface area contributed by atoms with Gasteiger partial charge < -0.3 is 5.73 Å². The highest BCUT2D eigenvalue weighted by molar-refractivity contribution is 8.78. The van der Waals surface area contributed by atoms with Crippen LogP contribution in [-0.4, -0.2) is 4.99 Å². The zero-order valence-electron chi connectivity index (χ0n) is 4.13. The number of hydrogen-bond acceptors (Lipinski definition) is 5. The van der Waals surface area contributed by atoms with Gasteiger partial charge in [0.05, 0.1) is 5.70 Å². The van der Waals surface area contributed by atoms with E-state index in [-0.39, 0.29) is 0 Å². The highest BCUT2D eigenvalue weighted by Gasteiger charge is 2.28. The van der Waals surface area contributed by atoms with Crippen LogP contribution in [0.15, 0.2) is 11.1 Å². The van der Waals surface area contributed by atoms with Crippen LogP contribution in [0, 0.1) is 0 Å². The second-order valence-corrected chi connectivity index (χ2v) is 3.89. The van der Waals surface area contributed by atoms with Crippen LogP contribution in [-0.2, 0) is 0 Å². The van der Waals surface area contributed by atoms with E-state index < -0.39 is 4.99 Å². The van der Waals surface area contributed by atoms with Crippen LogP contribution in [0.25, 0.3) is 0 Å². The summed E-state index contributed by atoms with van der Waals surface area (Å²) in [4.78, 5) is -0.829. The van der Waals surface area contributed by atoms with Gasteiger partial charge in [-0.3, -0.25) is 11.5 Å². The van der Waals surface area contributed by atoms with Crippen molar-refractivity contribution in [3.05, 3.63) is 11.1 Å². The summed E-state index contributed by atoms with van der Waals surface area (Å²) in [6.45, 7) is 0. The molecule has 0 saturated carbocycles. The maximum Gasteiger partial charge on any atom is 0.164 e. The SMILES string of the molecule is NC1=CSSC1(N)N. The van der Waals surface area contributed by atoms with E-state index in [1.807, 2.05) is 0 Å². The summed E-state index contributed by atoms with van der Waals surface area (Å²) in [5.74, 6) is 0. The van der Waals surface area contributed by atoms with Crippen molar-refractivity contribution in [2.24, 2.45) is 17.2 Å². The van der Waals surface area contributed by atoms with Crippen LogP contribution in [0.3, 0.4) is 0 Å². The first-order valence-corrected chi connectivity index (χ1v) is 4.22. The minimum absolute atomic E-state index is 0.549. The first kappa shape index (κ1) is 6.28.